The lowest BCUT2D eigenvalue weighted by molar-refractivity contribution is -0.129. The van der Waals surface area contributed by atoms with Crippen LogP contribution < -0.4 is 10.6 Å². The van der Waals surface area contributed by atoms with Gasteiger partial charge >= 0.3 is 0 Å². The molecule has 0 aliphatic heterocycles. The van der Waals surface area contributed by atoms with Crippen LogP contribution in [0.15, 0.2) is 22.7 Å². The standard InChI is InChI=1S/C14H19BrN2O/c1-10-4-5-11(15)8-12(10)17-13(18)14(9-16-2)6-3-7-14/h4-5,8,16H,3,6-7,9H2,1-2H3,(H,17,18). The fourth-order valence-electron chi connectivity index (χ4n) is 2.41. The molecule has 1 aliphatic carbocycles. The Balaban J connectivity index is 2.13. The van der Waals surface area contributed by atoms with Gasteiger partial charge in [-0.3, -0.25) is 4.79 Å². The summed E-state index contributed by atoms with van der Waals surface area (Å²) in [5.74, 6) is 0.143. The van der Waals surface area contributed by atoms with Gasteiger partial charge in [-0.1, -0.05) is 28.4 Å². The van der Waals surface area contributed by atoms with Crippen molar-refractivity contribution >= 4 is 27.5 Å². The predicted molar refractivity (Wildman–Crippen MR) is 77.7 cm³/mol. The van der Waals surface area contributed by atoms with E-state index in [-0.39, 0.29) is 11.3 Å². The normalized spacial score (nSPS) is 17.1. The molecule has 0 unspecified atom stereocenters. The van der Waals surface area contributed by atoms with Gasteiger partial charge < -0.3 is 10.6 Å². The van der Waals surface area contributed by atoms with Crippen molar-refractivity contribution < 1.29 is 4.79 Å². The van der Waals surface area contributed by atoms with Crippen molar-refractivity contribution in [3.63, 3.8) is 0 Å². The second-order valence-electron chi connectivity index (χ2n) is 5.08. The van der Waals surface area contributed by atoms with Crippen LogP contribution in [0.2, 0.25) is 0 Å². The molecule has 0 heterocycles. The van der Waals surface area contributed by atoms with Crippen LogP contribution in [-0.2, 0) is 4.79 Å². The summed E-state index contributed by atoms with van der Waals surface area (Å²) in [5.41, 5.74) is 1.78. The summed E-state index contributed by atoms with van der Waals surface area (Å²) in [6.07, 6.45) is 3.10. The van der Waals surface area contributed by atoms with Gasteiger partial charge in [-0.2, -0.15) is 0 Å². The second-order valence-corrected chi connectivity index (χ2v) is 5.99. The molecule has 1 saturated carbocycles. The zero-order chi connectivity index (χ0) is 13.2. The zero-order valence-corrected chi connectivity index (χ0v) is 12.4. The maximum atomic E-state index is 12.4. The number of amides is 1. The Bertz CT molecular complexity index is 455. The molecule has 2 N–H and O–H groups in total. The first-order chi connectivity index (χ1) is 8.57. The quantitative estimate of drug-likeness (QED) is 0.897. The minimum absolute atomic E-state index is 0.143. The first-order valence-electron chi connectivity index (χ1n) is 6.30. The van der Waals surface area contributed by atoms with E-state index in [4.69, 9.17) is 0 Å². The number of aryl methyl sites for hydroxylation is 1. The van der Waals surface area contributed by atoms with E-state index in [0.29, 0.717) is 0 Å². The second kappa shape index (κ2) is 5.41. The maximum absolute atomic E-state index is 12.4. The van der Waals surface area contributed by atoms with E-state index in [2.05, 4.69) is 26.6 Å². The van der Waals surface area contributed by atoms with Crippen LogP contribution in [0.1, 0.15) is 24.8 Å². The van der Waals surface area contributed by atoms with E-state index in [0.717, 1.165) is 41.5 Å². The van der Waals surface area contributed by atoms with E-state index in [1.807, 2.05) is 32.2 Å². The van der Waals surface area contributed by atoms with Gasteiger partial charge in [-0.25, -0.2) is 0 Å². The van der Waals surface area contributed by atoms with Crippen LogP contribution in [0.4, 0.5) is 5.69 Å². The minimum Gasteiger partial charge on any atom is -0.325 e. The van der Waals surface area contributed by atoms with Gasteiger partial charge in [-0.15, -0.1) is 0 Å². The first kappa shape index (κ1) is 13.6. The summed E-state index contributed by atoms with van der Waals surface area (Å²) in [6, 6.07) is 5.95. The van der Waals surface area contributed by atoms with Crippen molar-refractivity contribution in [3.8, 4) is 0 Å². The van der Waals surface area contributed by atoms with Crippen molar-refractivity contribution in [1.82, 2.24) is 5.32 Å². The van der Waals surface area contributed by atoms with Gasteiger partial charge in [0.05, 0.1) is 5.41 Å². The molecule has 1 aromatic carbocycles. The fraction of sp³-hybridized carbons (Fsp3) is 0.500. The molecule has 3 nitrogen and oxygen atoms in total. The van der Waals surface area contributed by atoms with Gasteiger partial charge in [0.2, 0.25) is 5.91 Å². The summed E-state index contributed by atoms with van der Waals surface area (Å²) < 4.78 is 0.986. The Labute approximate surface area is 116 Å². The summed E-state index contributed by atoms with van der Waals surface area (Å²) in [5, 5.41) is 6.20. The van der Waals surface area contributed by atoms with Gasteiger partial charge in [-0.05, 0) is 44.5 Å². The predicted octanol–water partition coefficient (Wildman–Crippen LogP) is 3.09. The van der Waals surface area contributed by atoms with E-state index in [1.165, 1.54) is 0 Å². The SMILES string of the molecule is CNCC1(C(=O)Nc2cc(Br)ccc2C)CCC1. The number of hydrogen-bond acceptors (Lipinski definition) is 2. The molecule has 0 radical (unpaired) electrons. The number of carbonyl (C=O) groups excluding carboxylic acids is 1. The lowest BCUT2D eigenvalue weighted by Crippen LogP contribution is -2.48. The molecule has 4 heteroatoms. The van der Waals surface area contributed by atoms with Crippen LogP contribution in [-0.4, -0.2) is 19.5 Å². The van der Waals surface area contributed by atoms with E-state index >= 15 is 0 Å². The molecule has 1 aromatic rings. The number of anilines is 1. The van der Waals surface area contributed by atoms with E-state index in [1.54, 1.807) is 0 Å². The van der Waals surface area contributed by atoms with Gasteiger partial charge in [0.1, 0.15) is 0 Å². The molecular formula is C14H19BrN2O. The number of benzene rings is 1. The average Bonchev–Trinajstić information content (AvgIpc) is 2.28. The van der Waals surface area contributed by atoms with Crippen LogP contribution in [0, 0.1) is 12.3 Å². The first-order valence-corrected chi connectivity index (χ1v) is 7.09. The summed E-state index contributed by atoms with van der Waals surface area (Å²) in [6.45, 7) is 2.76. The van der Waals surface area contributed by atoms with Crippen LogP contribution >= 0.6 is 15.9 Å². The topological polar surface area (TPSA) is 41.1 Å². The average molecular weight is 311 g/mol. The Morgan fingerprint density at radius 2 is 2.17 bits per heavy atom. The summed E-state index contributed by atoms with van der Waals surface area (Å²) >= 11 is 3.43. The van der Waals surface area contributed by atoms with E-state index < -0.39 is 0 Å². The Kier molecular flexibility index (Phi) is 4.07. The van der Waals surface area contributed by atoms with E-state index in [9.17, 15) is 4.79 Å². The molecule has 1 amide bonds. The van der Waals surface area contributed by atoms with Crippen molar-refractivity contribution in [3.05, 3.63) is 28.2 Å². The fourth-order valence-corrected chi connectivity index (χ4v) is 2.77. The van der Waals surface area contributed by atoms with Crippen LogP contribution in [0.5, 0.6) is 0 Å². The van der Waals surface area contributed by atoms with Crippen LogP contribution in [0.25, 0.3) is 0 Å². The third-order valence-corrected chi connectivity index (χ3v) is 4.25. The van der Waals surface area contributed by atoms with Crippen molar-refractivity contribution in [2.24, 2.45) is 5.41 Å². The number of rotatable bonds is 4. The molecule has 0 aromatic heterocycles. The Morgan fingerprint density at radius 3 is 2.72 bits per heavy atom. The number of halogens is 1. The molecule has 18 heavy (non-hydrogen) atoms. The smallest absolute Gasteiger partial charge is 0.231 e. The number of hydrogen-bond donors (Lipinski definition) is 2. The highest BCUT2D eigenvalue weighted by atomic mass is 79.9. The van der Waals surface area contributed by atoms with Crippen molar-refractivity contribution in [1.29, 1.82) is 0 Å². The molecule has 1 fully saturated rings. The molecule has 0 bridgehead atoms. The molecule has 0 saturated heterocycles. The Morgan fingerprint density at radius 1 is 1.44 bits per heavy atom. The molecule has 2 rings (SSSR count). The third kappa shape index (κ3) is 2.59. The lowest BCUT2D eigenvalue weighted by Gasteiger charge is -2.40. The number of nitrogens with one attached hydrogen (secondary N) is 2. The molecule has 0 spiro atoms. The van der Waals surface area contributed by atoms with Gasteiger partial charge in [0, 0.05) is 16.7 Å². The van der Waals surface area contributed by atoms with Gasteiger partial charge in [0.15, 0.2) is 0 Å². The van der Waals surface area contributed by atoms with Crippen molar-refractivity contribution in [2.75, 3.05) is 18.9 Å². The molecule has 98 valence electrons. The zero-order valence-electron chi connectivity index (χ0n) is 10.8. The molecular weight excluding hydrogens is 292 g/mol. The lowest BCUT2D eigenvalue weighted by atomic mass is 9.68. The third-order valence-electron chi connectivity index (χ3n) is 3.76. The minimum atomic E-state index is -0.205. The Hall–Kier alpha value is -0.870. The highest BCUT2D eigenvalue weighted by Gasteiger charge is 2.43. The van der Waals surface area contributed by atoms with Crippen LogP contribution in [0.3, 0.4) is 0 Å². The highest BCUT2D eigenvalue weighted by Crippen LogP contribution is 2.41. The maximum Gasteiger partial charge on any atom is 0.231 e. The highest BCUT2D eigenvalue weighted by molar-refractivity contribution is 9.10. The monoisotopic (exact) mass is 310 g/mol. The molecule has 0 atom stereocenters. The summed E-state index contributed by atoms with van der Waals surface area (Å²) in [4.78, 5) is 12.4. The van der Waals surface area contributed by atoms with Gasteiger partial charge in [0.25, 0.3) is 0 Å². The van der Waals surface area contributed by atoms with Crippen molar-refractivity contribution in [2.45, 2.75) is 26.2 Å². The molecule has 1 aliphatic rings. The summed E-state index contributed by atoms with van der Waals surface area (Å²) in [7, 11) is 1.90. The largest absolute Gasteiger partial charge is 0.325 e. The number of carbonyl (C=O) groups is 1.